The van der Waals surface area contributed by atoms with Gasteiger partial charge >= 0.3 is 0 Å². The van der Waals surface area contributed by atoms with Crippen LogP contribution in [0.2, 0.25) is 0 Å². The van der Waals surface area contributed by atoms with Crippen molar-refractivity contribution >= 4 is 17.0 Å². The first kappa shape index (κ1) is 21.8. The van der Waals surface area contributed by atoms with Crippen molar-refractivity contribution in [2.45, 2.75) is 19.8 Å². The standard InChI is InChI=1S/C29H26O5/c1-2-21-16-23-27(18-26(21)32-13-6-10-20-8-4-3-5-9-20)34-19-24(29(23)30)22-11-12-25-28(17-22)33-15-7-14-31-25/h3-6,8-12,16-19H,2,7,13-15H2,1H3. The lowest BCUT2D eigenvalue weighted by Gasteiger charge is -2.12. The van der Waals surface area contributed by atoms with Crippen molar-refractivity contribution < 1.29 is 18.6 Å². The summed E-state index contributed by atoms with van der Waals surface area (Å²) in [5.41, 5.74) is 3.73. The van der Waals surface area contributed by atoms with Crippen molar-refractivity contribution in [2.24, 2.45) is 0 Å². The highest BCUT2D eigenvalue weighted by Gasteiger charge is 2.16. The van der Waals surface area contributed by atoms with Gasteiger partial charge in [-0.2, -0.15) is 0 Å². The summed E-state index contributed by atoms with van der Waals surface area (Å²) in [4.78, 5) is 13.4. The zero-order valence-corrected chi connectivity index (χ0v) is 19.1. The molecule has 4 aromatic rings. The van der Waals surface area contributed by atoms with Gasteiger partial charge in [0.1, 0.15) is 24.2 Å². The van der Waals surface area contributed by atoms with Crippen molar-refractivity contribution in [3.8, 4) is 28.4 Å². The lowest BCUT2D eigenvalue weighted by atomic mass is 10.0. The van der Waals surface area contributed by atoms with Gasteiger partial charge in [0, 0.05) is 12.5 Å². The van der Waals surface area contributed by atoms with Crippen molar-refractivity contribution in [1.82, 2.24) is 0 Å². The first-order valence-electron chi connectivity index (χ1n) is 11.6. The Morgan fingerprint density at radius 3 is 2.62 bits per heavy atom. The monoisotopic (exact) mass is 454 g/mol. The van der Waals surface area contributed by atoms with Gasteiger partial charge in [-0.1, -0.05) is 49.4 Å². The number of hydrogen-bond acceptors (Lipinski definition) is 5. The van der Waals surface area contributed by atoms with Gasteiger partial charge in [-0.25, -0.2) is 0 Å². The van der Waals surface area contributed by atoms with E-state index in [4.69, 9.17) is 18.6 Å². The molecule has 0 spiro atoms. The third-order valence-corrected chi connectivity index (χ3v) is 5.84. The van der Waals surface area contributed by atoms with E-state index in [0.717, 1.165) is 35.3 Å². The van der Waals surface area contributed by atoms with E-state index in [1.165, 1.54) is 6.26 Å². The summed E-state index contributed by atoms with van der Waals surface area (Å²) < 4.78 is 23.4. The van der Waals surface area contributed by atoms with Crippen LogP contribution in [-0.2, 0) is 6.42 Å². The molecule has 0 unspecified atom stereocenters. The second kappa shape index (κ2) is 9.87. The highest BCUT2D eigenvalue weighted by atomic mass is 16.5. The van der Waals surface area contributed by atoms with Crippen LogP contribution in [0.5, 0.6) is 17.2 Å². The van der Waals surface area contributed by atoms with Gasteiger partial charge < -0.3 is 18.6 Å². The third-order valence-electron chi connectivity index (χ3n) is 5.84. The summed E-state index contributed by atoms with van der Waals surface area (Å²) in [5.74, 6) is 2.07. The SMILES string of the molecule is CCc1cc2c(=O)c(-c3ccc4c(c3)OCCCO4)coc2cc1OCC=Cc1ccccc1. The smallest absolute Gasteiger partial charge is 0.200 e. The van der Waals surface area contributed by atoms with Crippen LogP contribution < -0.4 is 19.6 Å². The van der Waals surface area contributed by atoms with Crippen LogP contribution in [0.1, 0.15) is 24.5 Å². The molecular formula is C29H26O5. The maximum atomic E-state index is 13.4. The Hall–Kier alpha value is -3.99. The topological polar surface area (TPSA) is 57.9 Å². The number of aryl methyl sites for hydroxylation is 1. The molecule has 5 nitrogen and oxygen atoms in total. The first-order valence-corrected chi connectivity index (χ1v) is 11.6. The molecule has 172 valence electrons. The molecule has 0 amide bonds. The highest BCUT2D eigenvalue weighted by molar-refractivity contribution is 5.84. The van der Waals surface area contributed by atoms with Gasteiger partial charge in [-0.3, -0.25) is 4.79 Å². The van der Waals surface area contributed by atoms with E-state index in [9.17, 15) is 4.79 Å². The molecular weight excluding hydrogens is 428 g/mol. The second-order valence-corrected chi connectivity index (χ2v) is 8.12. The van der Waals surface area contributed by atoms with Gasteiger partial charge in [0.05, 0.1) is 24.2 Å². The van der Waals surface area contributed by atoms with Gasteiger partial charge in [-0.05, 0) is 47.4 Å². The maximum Gasteiger partial charge on any atom is 0.200 e. The van der Waals surface area contributed by atoms with E-state index in [-0.39, 0.29) is 5.43 Å². The van der Waals surface area contributed by atoms with Crippen LogP contribution in [0.3, 0.4) is 0 Å². The fourth-order valence-corrected chi connectivity index (χ4v) is 4.03. The molecule has 0 fully saturated rings. The Morgan fingerprint density at radius 1 is 0.971 bits per heavy atom. The minimum absolute atomic E-state index is 0.0824. The predicted octanol–water partition coefficient (Wildman–Crippen LogP) is 6.28. The molecule has 5 rings (SSSR count). The lowest BCUT2D eigenvalue weighted by Crippen LogP contribution is -2.07. The van der Waals surface area contributed by atoms with Crippen molar-refractivity contribution in [3.05, 3.63) is 94.4 Å². The summed E-state index contributed by atoms with van der Waals surface area (Å²) in [5, 5.41) is 0.536. The van der Waals surface area contributed by atoms with Crippen LogP contribution in [-0.4, -0.2) is 19.8 Å². The number of fused-ring (bicyclic) bond motifs is 2. The molecule has 0 aliphatic carbocycles. The second-order valence-electron chi connectivity index (χ2n) is 8.12. The molecule has 5 heteroatoms. The lowest BCUT2D eigenvalue weighted by molar-refractivity contribution is 0.297. The Labute approximate surface area is 198 Å². The van der Waals surface area contributed by atoms with E-state index in [0.29, 0.717) is 47.9 Å². The number of ether oxygens (including phenoxy) is 3. The van der Waals surface area contributed by atoms with Gasteiger partial charge in [0.2, 0.25) is 5.43 Å². The van der Waals surface area contributed by atoms with Gasteiger partial charge in [0.25, 0.3) is 0 Å². The summed E-state index contributed by atoms with van der Waals surface area (Å²) in [6.45, 7) is 3.68. The Bertz CT molecular complexity index is 1390. The van der Waals surface area contributed by atoms with Gasteiger partial charge in [-0.15, -0.1) is 0 Å². The quantitative estimate of drug-likeness (QED) is 0.343. The third kappa shape index (κ3) is 4.55. The van der Waals surface area contributed by atoms with E-state index in [2.05, 4.69) is 0 Å². The van der Waals surface area contributed by atoms with Crippen molar-refractivity contribution in [1.29, 1.82) is 0 Å². The van der Waals surface area contributed by atoms with Crippen LogP contribution in [0.25, 0.3) is 28.2 Å². The maximum absolute atomic E-state index is 13.4. The fourth-order valence-electron chi connectivity index (χ4n) is 4.03. The number of hydrogen-bond donors (Lipinski definition) is 0. The van der Waals surface area contributed by atoms with E-state index in [1.54, 1.807) is 0 Å². The van der Waals surface area contributed by atoms with Crippen LogP contribution in [0.15, 0.2) is 82.2 Å². The highest BCUT2D eigenvalue weighted by Crippen LogP contribution is 2.34. The van der Waals surface area contributed by atoms with Crippen LogP contribution in [0.4, 0.5) is 0 Å². The summed E-state index contributed by atoms with van der Waals surface area (Å²) >= 11 is 0. The normalized spacial score (nSPS) is 13.2. The molecule has 0 radical (unpaired) electrons. The largest absolute Gasteiger partial charge is 0.490 e. The Morgan fingerprint density at radius 2 is 1.79 bits per heavy atom. The minimum atomic E-state index is -0.0824. The molecule has 34 heavy (non-hydrogen) atoms. The fraction of sp³-hybridized carbons (Fsp3) is 0.207. The molecule has 0 saturated heterocycles. The van der Waals surface area contributed by atoms with Crippen molar-refractivity contribution in [3.63, 3.8) is 0 Å². The average molecular weight is 455 g/mol. The van der Waals surface area contributed by atoms with E-state index < -0.39 is 0 Å². The molecule has 0 bridgehead atoms. The number of benzene rings is 3. The average Bonchev–Trinajstić information content (AvgIpc) is 3.12. The Kier molecular flexibility index (Phi) is 6.34. The zero-order chi connectivity index (χ0) is 23.3. The minimum Gasteiger partial charge on any atom is -0.490 e. The molecule has 3 aromatic carbocycles. The molecule has 0 N–H and O–H groups in total. The van der Waals surface area contributed by atoms with Crippen LogP contribution >= 0.6 is 0 Å². The summed E-state index contributed by atoms with van der Waals surface area (Å²) in [7, 11) is 0. The van der Waals surface area contributed by atoms with E-state index >= 15 is 0 Å². The van der Waals surface area contributed by atoms with E-state index in [1.807, 2.05) is 79.7 Å². The first-order chi connectivity index (χ1) is 16.7. The summed E-state index contributed by atoms with van der Waals surface area (Å²) in [6, 6.07) is 19.3. The predicted molar refractivity (Wildman–Crippen MR) is 134 cm³/mol. The molecule has 1 aromatic heterocycles. The Balaban J connectivity index is 1.43. The van der Waals surface area contributed by atoms with Crippen LogP contribution in [0, 0.1) is 0 Å². The summed E-state index contributed by atoms with van der Waals surface area (Å²) in [6.07, 6.45) is 7.07. The molecule has 0 atom stereocenters. The molecule has 1 aliphatic rings. The molecule has 1 aliphatic heterocycles. The van der Waals surface area contributed by atoms with Crippen molar-refractivity contribution in [2.75, 3.05) is 19.8 Å². The van der Waals surface area contributed by atoms with Gasteiger partial charge in [0.15, 0.2) is 11.5 Å². The molecule has 2 heterocycles. The molecule has 0 saturated carbocycles. The number of rotatable bonds is 6. The zero-order valence-electron chi connectivity index (χ0n) is 19.1.